The van der Waals surface area contributed by atoms with E-state index in [0.29, 0.717) is 15.8 Å². The molecule has 1 aromatic carbocycles. The average Bonchev–Trinajstić information content (AvgIpc) is 3.30. The van der Waals surface area contributed by atoms with Gasteiger partial charge in [0.25, 0.3) is 5.91 Å². The van der Waals surface area contributed by atoms with Crippen molar-refractivity contribution in [3.05, 3.63) is 58.6 Å². The topological polar surface area (TPSA) is 83.2 Å². The molecular formula is C17H14Cl2F3N5O3. The van der Waals surface area contributed by atoms with Crippen LogP contribution in [-0.2, 0) is 18.2 Å². The Bertz CT molecular complexity index is 1000. The molecule has 3 rings (SSSR count). The number of hydrogen-bond acceptors (Lipinski definition) is 5. The Balaban J connectivity index is 1.53. The van der Waals surface area contributed by atoms with Crippen molar-refractivity contribution in [2.24, 2.45) is 0 Å². The molecular weight excluding hydrogens is 450 g/mol. The summed E-state index contributed by atoms with van der Waals surface area (Å²) in [6, 6.07) is 6.39. The van der Waals surface area contributed by atoms with Gasteiger partial charge < -0.3 is 14.8 Å². The van der Waals surface area contributed by atoms with Crippen LogP contribution in [0.25, 0.3) is 0 Å². The quantitative estimate of drug-likeness (QED) is 0.540. The zero-order valence-corrected chi connectivity index (χ0v) is 16.6. The molecule has 0 aliphatic carbocycles. The fraction of sp³-hybridized carbons (Fsp3) is 0.235. The van der Waals surface area contributed by atoms with E-state index in [1.165, 1.54) is 29.3 Å². The molecule has 0 fully saturated rings. The summed E-state index contributed by atoms with van der Waals surface area (Å²) < 4.78 is 48.7. The van der Waals surface area contributed by atoms with Crippen molar-refractivity contribution in [3.63, 3.8) is 0 Å². The minimum absolute atomic E-state index is 0.0365. The number of halogens is 5. The maximum atomic E-state index is 12.3. The molecule has 8 nitrogen and oxygen atoms in total. The standard InChI is InChI=1S/C17H14Cl2F3N5O3/c18-12-2-1-3-13(19)15(12)30-10-26-5-4-14(25-26)16(28)24-11-6-23-27(7-11)9-29-8-17(20,21)22/h1-7H,8-10H2,(H,24,28). The molecule has 3 aromatic rings. The number of hydrogen-bond donors (Lipinski definition) is 1. The molecule has 13 heteroatoms. The summed E-state index contributed by atoms with van der Waals surface area (Å²) in [6.07, 6.45) is -0.305. The highest BCUT2D eigenvalue weighted by Crippen LogP contribution is 2.32. The molecule has 0 radical (unpaired) electrons. The second kappa shape index (κ2) is 9.37. The molecule has 30 heavy (non-hydrogen) atoms. The molecule has 0 spiro atoms. The zero-order valence-electron chi connectivity index (χ0n) is 15.1. The number of nitrogens with one attached hydrogen (secondary N) is 1. The van der Waals surface area contributed by atoms with E-state index < -0.39 is 25.4 Å². The highest BCUT2D eigenvalue weighted by atomic mass is 35.5. The minimum atomic E-state index is -4.43. The number of aromatic nitrogens is 4. The number of anilines is 1. The average molecular weight is 464 g/mol. The van der Waals surface area contributed by atoms with Gasteiger partial charge in [0.2, 0.25) is 0 Å². The first kappa shape index (κ1) is 21.9. The summed E-state index contributed by atoms with van der Waals surface area (Å²) in [6.45, 7) is -1.84. The molecule has 2 heterocycles. The van der Waals surface area contributed by atoms with Gasteiger partial charge in [-0.1, -0.05) is 29.3 Å². The van der Waals surface area contributed by atoms with E-state index in [2.05, 4.69) is 20.3 Å². The molecule has 0 saturated carbocycles. The zero-order chi connectivity index (χ0) is 21.7. The predicted octanol–water partition coefficient (Wildman–Crippen LogP) is 4.21. The van der Waals surface area contributed by atoms with Crippen molar-refractivity contribution in [2.45, 2.75) is 19.6 Å². The van der Waals surface area contributed by atoms with Crippen molar-refractivity contribution in [3.8, 4) is 5.75 Å². The largest absolute Gasteiger partial charge is 0.468 e. The summed E-state index contributed by atoms with van der Waals surface area (Å²) in [7, 11) is 0. The molecule has 2 aromatic heterocycles. The third-order valence-corrected chi connectivity index (χ3v) is 4.11. The van der Waals surface area contributed by atoms with Crippen LogP contribution in [0.4, 0.5) is 18.9 Å². The van der Waals surface area contributed by atoms with E-state index in [4.69, 9.17) is 27.9 Å². The van der Waals surface area contributed by atoms with E-state index in [-0.39, 0.29) is 18.1 Å². The van der Waals surface area contributed by atoms with Crippen molar-refractivity contribution in [1.29, 1.82) is 0 Å². The molecule has 0 unspecified atom stereocenters. The lowest BCUT2D eigenvalue weighted by Crippen LogP contribution is -2.18. The Morgan fingerprint density at radius 2 is 1.87 bits per heavy atom. The summed E-state index contributed by atoms with van der Waals surface area (Å²) in [5.74, 6) is -0.247. The second-order valence-corrected chi connectivity index (χ2v) is 6.69. The van der Waals surface area contributed by atoms with Crippen LogP contribution in [0.3, 0.4) is 0 Å². The van der Waals surface area contributed by atoms with Gasteiger partial charge in [-0.25, -0.2) is 9.36 Å². The number of alkyl halides is 3. The van der Waals surface area contributed by atoms with Crippen LogP contribution in [0.2, 0.25) is 10.0 Å². The van der Waals surface area contributed by atoms with Crippen LogP contribution in [-0.4, -0.2) is 38.3 Å². The van der Waals surface area contributed by atoms with Crippen molar-refractivity contribution < 1.29 is 27.4 Å². The predicted molar refractivity (Wildman–Crippen MR) is 102 cm³/mol. The molecule has 0 aliphatic heterocycles. The number of ether oxygens (including phenoxy) is 2. The lowest BCUT2D eigenvalue weighted by atomic mass is 10.3. The van der Waals surface area contributed by atoms with Crippen LogP contribution in [0.1, 0.15) is 10.5 Å². The first-order valence-electron chi connectivity index (χ1n) is 8.30. The van der Waals surface area contributed by atoms with Crippen LogP contribution < -0.4 is 10.1 Å². The maximum Gasteiger partial charge on any atom is 0.411 e. The lowest BCUT2D eigenvalue weighted by molar-refractivity contribution is -0.182. The van der Waals surface area contributed by atoms with Crippen LogP contribution in [0.15, 0.2) is 42.9 Å². The third kappa shape index (κ3) is 6.12. The fourth-order valence-corrected chi connectivity index (χ4v) is 2.76. The second-order valence-electron chi connectivity index (χ2n) is 5.88. The van der Waals surface area contributed by atoms with E-state index >= 15 is 0 Å². The van der Waals surface area contributed by atoms with Gasteiger partial charge in [0, 0.05) is 6.20 Å². The summed E-state index contributed by atoms with van der Waals surface area (Å²) in [4.78, 5) is 12.3. The normalized spacial score (nSPS) is 11.5. The molecule has 1 amide bonds. The first-order chi connectivity index (χ1) is 14.2. The molecule has 0 saturated heterocycles. The van der Waals surface area contributed by atoms with Gasteiger partial charge in [0.15, 0.2) is 18.2 Å². The van der Waals surface area contributed by atoms with E-state index in [9.17, 15) is 18.0 Å². The van der Waals surface area contributed by atoms with Gasteiger partial charge in [-0.15, -0.1) is 0 Å². The molecule has 160 valence electrons. The monoisotopic (exact) mass is 463 g/mol. The highest BCUT2D eigenvalue weighted by Gasteiger charge is 2.27. The number of benzene rings is 1. The summed E-state index contributed by atoms with van der Waals surface area (Å²) >= 11 is 12.0. The molecule has 0 atom stereocenters. The lowest BCUT2D eigenvalue weighted by Gasteiger charge is -2.09. The van der Waals surface area contributed by atoms with E-state index in [1.807, 2.05) is 0 Å². The SMILES string of the molecule is O=C(Nc1cnn(COCC(F)(F)F)c1)c1ccn(COc2c(Cl)cccc2Cl)n1. The van der Waals surface area contributed by atoms with Crippen LogP contribution in [0, 0.1) is 0 Å². The molecule has 1 N–H and O–H groups in total. The Morgan fingerprint density at radius 3 is 2.57 bits per heavy atom. The summed E-state index contributed by atoms with van der Waals surface area (Å²) in [5.41, 5.74) is 0.356. The number of para-hydroxylation sites is 1. The summed E-state index contributed by atoms with van der Waals surface area (Å²) in [5, 5.41) is 11.1. The first-order valence-corrected chi connectivity index (χ1v) is 9.05. The number of amides is 1. The Kier molecular flexibility index (Phi) is 6.85. The van der Waals surface area contributed by atoms with Gasteiger partial charge in [-0.3, -0.25) is 4.79 Å². The fourth-order valence-electron chi connectivity index (χ4n) is 2.25. The highest BCUT2D eigenvalue weighted by molar-refractivity contribution is 6.37. The van der Waals surface area contributed by atoms with Crippen LogP contribution >= 0.6 is 23.2 Å². The van der Waals surface area contributed by atoms with Crippen molar-refractivity contribution >= 4 is 34.8 Å². The van der Waals surface area contributed by atoms with E-state index in [0.717, 1.165) is 4.68 Å². The van der Waals surface area contributed by atoms with Gasteiger partial charge in [0.1, 0.15) is 13.3 Å². The molecule has 0 aliphatic rings. The van der Waals surface area contributed by atoms with Gasteiger partial charge in [0.05, 0.1) is 28.1 Å². The third-order valence-electron chi connectivity index (χ3n) is 3.51. The minimum Gasteiger partial charge on any atom is -0.468 e. The van der Waals surface area contributed by atoms with E-state index in [1.54, 1.807) is 18.2 Å². The number of rotatable bonds is 8. The smallest absolute Gasteiger partial charge is 0.411 e. The Morgan fingerprint density at radius 1 is 1.13 bits per heavy atom. The van der Waals surface area contributed by atoms with Gasteiger partial charge >= 0.3 is 6.18 Å². The Hall–Kier alpha value is -2.76. The number of carbonyl (C=O) groups is 1. The van der Waals surface area contributed by atoms with Crippen LogP contribution in [0.5, 0.6) is 5.75 Å². The van der Waals surface area contributed by atoms with Crippen molar-refractivity contribution in [1.82, 2.24) is 19.6 Å². The van der Waals surface area contributed by atoms with Gasteiger partial charge in [-0.2, -0.15) is 23.4 Å². The molecule has 0 bridgehead atoms. The Labute approximate surface area is 178 Å². The van der Waals surface area contributed by atoms with Crippen molar-refractivity contribution in [2.75, 3.05) is 11.9 Å². The number of nitrogens with zero attached hydrogens (tertiary/aromatic N) is 4. The maximum absolute atomic E-state index is 12.3. The number of carbonyl (C=O) groups excluding carboxylic acids is 1. The van der Waals surface area contributed by atoms with Gasteiger partial charge in [-0.05, 0) is 18.2 Å².